The minimum absolute atomic E-state index is 0.705. The van der Waals surface area contributed by atoms with E-state index in [0.717, 1.165) is 11.0 Å². The Balaban J connectivity index is 1.56. The van der Waals surface area contributed by atoms with Gasteiger partial charge in [0.2, 0.25) is 0 Å². The summed E-state index contributed by atoms with van der Waals surface area (Å²) in [5.74, 6) is 3.09. The number of nitrogens with zero attached hydrogens (tertiary/aromatic N) is 1. The van der Waals surface area contributed by atoms with E-state index in [1.54, 1.807) is 12.7 Å². The van der Waals surface area contributed by atoms with Crippen LogP contribution in [-0.2, 0) is 6.42 Å². The van der Waals surface area contributed by atoms with Gasteiger partial charge in [-0.15, -0.1) is 0 Å². The van der Waals surface area contributed by atoms with Crippen molar-refractivity contribution in [1.82, 2.24) is 4.90 Å². The summed E-state index contributed by atoms with van der Waals surface area (Å²) in [5, 5.41) is 0.922. The average molecular weight is 320 g/mol. The van der Waals surface area contributed by atoms with Crippen LogP contribution in [0.25, 0.3) is 0 Å². The molecule has 2 atom stereocenters. The van der Waals surface area contributed by atoms with Gasteiger partial charge >= 0.3 is 0 Å². The number of methoxy groups -OCH3 is 1. The maximum Gasteiger partial charge on any atom is 0.119 e. The molecule has 1 aliphatic heterocycles. The largest absolute Gasteiger partial charge is 0.497 e. The minimum atomic E-state index is 0.705. The third-order valence-corrected chi connectivity index (χ3v) is 6.64. The Morgan fingerprint density at radius 3 is 2.95 bits per heavy atom. The van der Waals surface area contributed by atoms with Crippen molar-refractivity contribution < 1.29 is 4.74 Å². The van der Waals surface area contributed by atoms with Gasteiger partial charge in [-0.1, -0.05) is 6.07 Å². The van der Waals surface area contributed by atoms with Crippen LogP contribution in [0, 0.1) is 0 Å². The molecule has 1 saturated heterocycles. The second kappa shape index (κ2) is 7.74. The monoisotopic (exact) mass is 319 g/mol. The number of hydrogen-bond acceptors (Lipinski definition) is 3. The third-order valence-electron chi connectivity index (χ3n) is 5.18. The molecule has 1 aromatic carbocycles. The number of benzene rings is 1. The van der Waals surface area contributed by atoms with Gasteiger partial charge in [-0.2, -0.15) is 11.8 Å². The van der Waals surface area contributed by atoms with Crippen molar-refractivity contribution in [2.45, 2.75) is 49.7 Å². The summed E-state index contributed by atoms with van der Waals surface area (Å²) in [6.45, 7) is 2.45. The fraction of sp³-hybridized carbons (Fsp3) is 0.684. The zero-order chi connectivity index (χ0) is 15.4. The van der Waals surface area contributed by atoms with Gasteiger partial charge in [0, 0.05) is 11.8 Å². The molecule has 1 heterocycles. The fourth-order valence-electron chi connectivity index (χ4n) is 3.91. The van der Waals surface area contributed by atoms with Gasteiger partial charge in [-0.05, 0) is 87.0 Å². The van der Waals surface area contributed by atoms with Crippen LogP contribution < -0.4 is 4.74 Å². The van der Waals surface area contributed by atoms with E-state index in [-0.39, 0.29) is 0 Å². The van der Waals surface area contributed by atoms with E-state index in [9.17, 15) is 0 Å². The number of hydrogen-bond donors (Lipinski definition) is 0. The highest BCUT2D eigenvalue weighted by atomic mass is 32.2. The highest BCUT2D eigenvalue weighted by molar-refractivity contribution is 8.00. The summed E-state index contributed by atoms with van der Waals surface area (Å²) in [6.07, 6.45) is 8.09. The second-order valence-corrected chi connectivity index (χ2v) is 8.25. The summed E-state index contributed by atoms with van der Waals surface area (Å²) < 4.78 is 5.38. The van der Waals surface area contributed by atoms with E-state index in [1.165, 1.54) is 62.9 Å². The normalized spacial score (nSPS) is 24.5. The SMILES string of the molecule is COc1ccc2c(c1)CCCC2CN(C)CCC1CCCS1. The molecule has 1 aliphatic carbocycles. The number of thioether (sulfide) groups is 1. The Bertz CT molecular complexity index is 484. The highest BCUT2D eigenvalue weighted by Gasteiger charge is 2.22. The molecule has 0 radical (unpaired) electrons. The molecule has 1 fully saturated rings. The minimum Gasteiger partial charge on any atom is -0.497 e. The van der Waals surface area contributed by atoms with Crippen molar-refractivity contribution in [1.29, 1.82) is 0 Å². The van der Waals surface area contributed by atoms with Crippen molar-refractivity contribution >= 4 is 11.8 Å². The topological polar surface area (TPSA) is 12.5 Å². The number of likely N-dealkylation sites (N-methyl/N-ethyl adjacent to an activating group) is 1. The molecule has 0 N–H and O–H groups in total. The number of aryl methyl sites for hydroxylation is 1. The maximum atomic E-state index is 5.38. The number of ether oxygens (including phenoxy) is 1. The summed E-state index contributed by atoms with van der Waals surface area (Å²) in [4.78, 5) is 2.56. The van der Waals surface area contributed by atoms with Gasteiger partial charge in [-0.3, -0.25) is 0 Å². The summed E-state index contributed by atoms with van der Waals surface area (Å²) in [7, 11) is 4.06. The lowest BCUT2D eigenvalue weighted by atomic mass is 9.82. The summed E-state index contributed by atoms with van der Waals surface area (Å²) >= 11 is 2.18. The maximum absolute atomic E-state index is 5.38. The van der Waals surface area contributed by atoms with Crippen LogP contribution in [0.15, 0.2) is 18.2 Å². The zero-order valence-electron chi connectivity index (χ0n) is 14.0. The molecule has 122 valence electrons. The Labute approximate surface area is 139 Å². The van der Waals surface area contributed by atoms with Gasteiger partial charge in [0.05, 0.1) is 7.11 Å². The molecule has 0 bridgehead atoms. The highest BCUT2D eigenvalue weighted by Crippen LogP contribution is 2.34. The quantitative estimate of drug-likeness (QED) is 0.774. The van der Waals surface area contributed by atoms with Crippen LogP contribution in [0.5, 0.6) is 5.75 Å². The molecule has 0 aromatic heterocycles. The van der Waals surface area contributed by atoms with Crippen LogP contribution in [0.1, 0.15) is 49.1 Å². The fourth-order valence-corrected chi connectivity index (χ4v) is 5.18. The molecule has 0 saturated carbocycles. The Kier molecular flexibility index (Phi) is 5.70. The molecule has 3 heteroatoms. The first kappa shape index (κ1) is 16.2. The standard InChI is InChI=1S/C19H29NOS/c1-20(11-10-18-7-4-12-22-18)14-16-6-3-5-15-13-17(21-2)8-9-19(15)16/h8-9,13,16,18H,3-7,10-12,14H2,1-2H3. The lowest BCUT2D eigenvalue weighted by Gasteiger charge is -2.30. The molecule has 22 heavy (non-hydrogen) atoms. The number of rotatable bonds is 6. The molecule has 2 nitrogen and oxygen atoms in total. The predicted molar refractivity (Wildman–Crippen MR) is 96.3 cm³/mol. The van der Waals surface area contributed by atoms with Crippen molar-refractivity contribution in [3.63, 3.8) is 0 Å². The molecule has 0 amide bonds. The van der Waals surface area contributed by atoms with Crippen molar-refractivity contribution in [3.8, 4) is 5.75 Å². The third kappa shape index (κ3) is 3.99. The van der Waals surface area contributed by atoms with Crippen LogP contribution in [-0.4, -0.2) is 43.1 Å². The van der Waals surface area contributed by atoms with E-state index in [1.807, 2.05) is 0 Å². The van der Waals surface area contributed by atoms with E-state index in [2.05, 4.69) is 41.9 Å². The van der Waals surface area contributed by atoms with Crippen LogP contribution in [0.4, 0.5) is 0 Å². The molecule has 3 rings (SSSR count). The van der Waals surface area contributed by atoms with Crippen LogP contribution in [0.3, 0.4) is 0 Å². The van der Waals surface area contributed by atoms with Crippen LogP contribution >= 0.6 is 11.8 Å². The molecule has 0 spiro atoms. The van der Waals surface area contributed by atoms with E-state index in [0.29, 0.717) is 5.92 Å². The summed E-state index contributed by atoms with van der Waals surface area (Å²) in [6, 6.07) is 6.68. The Hall–Kier alpha value is -0.670. The first-order valence-electron chi connectivity index (χ1n) is 8.73. The molecular weight excluding hydrogens is 290 g/mol. The molecule has 2 unspecified atom stereocenters. The van der Waals surface area contributed by atoms with E-state index < -0.39 is 0 Å². The smallest absolute Gasteiger partial charge is 0.119 e. The number of fused-ring (bicyclic) bond motifs is 1. The van der Waals surface area contributed by atoms with E-state index >= 15 is 0 Å². The lowest BCUT2D eigenvalue weighted by Crippen LogP contribution is -2.28. The first-order chi connectivity index (χ1) is 10.8. The Morgan fingerprint density at radius 1 is 1.27 bits per heavy atom. The Morgan fingerprint density at radius 2 is 2.18 bits per heavy atom. The van der Waals surface area contributed by atoms with Crippen molar-refractivity contribution in [2.24, 2.45) is 0 Å². The first-order valence-corrected chi connectivity index (χ1v) is 9.78. The van der Waals surface area contributed by atoms with Crippen LogP contribution in [0.2, 0.25) is 0 Å². The lowest BCUT2D eigenvalue weighted by molar-refractivity contribution is 0.292. The van der Waals surface area contributed by atoms with Crippen molar-refractivity contribution in [3.05, 3.63) is 29.3 Å². The van der Waals surface area contributed by atoms with Gasteiger partial charge < -0.3 is 9.64 Å². The van der Waals surface area contributed by atoms with Gasteiger partial charge in [0.1, 0.15) is 5.75 Å². The average Bonchev–Trinajstić information content (AvgIpc) is 3.06. The predicted octanol–water partition coefficient (Wildman–Crippen LogP) is 4.33. The molecular formula is C19H29NOS. The van der Waals surface area contributed by atoms with Crippen molar-refractivity contribution in [2.75, 3.05) is 33.0 Å². The summed E-state index contributed by atoms with van der Waals surface area (Å²) in [5.41, 5.74) is 3.07. The van der Waals surface area contributed by atoms with E-state index in [4.69, 9.17) is 4.74 Å². The molecule has 1 aromatic rings. The second-order valence-electron chi connectivity index (χ2n) is 6.84. The molecule has 2 aliphatic rings. The van der Waals surface area contributed by atoms with Gasteiger partial charge in [0.25, 0.3) is 0 Å². The van der Waals surface area contributed by atoms with Gasteiger partial charge in [-0.25, -0.2) is 0 Å². The van der Waals surface area contributed by atoms with Gasteiger partial charge in [0.15, 0.2) is 0 Å². The zero-order valence-corrected chi connectivity index (χ0v) is 14.8.